The number of esters is 2. The van der Waals surface area contributed by atoms with E-state index in [0.29, 0.717) is 23.0 Å². The largest absolute Gasteiger partial charge is 0.462 e. The molecule has 1 aromatic rings. The van der Waals surface area contributed by atoms with Gasteiger partial charge >= 0.3 is 11.9 Å². The summed E-state index contributed by atoms with van der Waals surface area (Å²) in [7, 11) is 0. The summed E-state index contributed by atoms with van der Waals surface area (Å²) in [4.78, 5) is 30.2. The van der Waals surface area contributed by atoms with Gasteiger partial charge in [-0.05, 0) is 39.8 Å². The topological polar surface area (TPSA) is 59.1 Å². The number of allylic oxidation sites excluding steroid dienone is 2. The van der Waals surface area contributed by atoms with Crippen molar-refractivity contribution >= 4 is 46.8 Å². The standard InChI is InChI=1S/C20H20N2O4S2/c1-5-25-19(23)15-11(3)21-13-9-7-8-10-14(13)22-12(4)16(20(24)26-6-2)28-18(22)17(21)27-15/h7-10H,5-6H2,1-4H3. The van der Waals surface area contributed by atoms with Crippen LogP contribution in [0.15, 0.2) is 55.5 Å². The number of thioether (sulfide) groups is 2. The van der Waals surface area contributed by atoms with Crippen molar-refractivity contribution < 1.29 is 19.1 Å². The minimum absolute atomic E-state index is 0.324. The third kappa shape index (κ3) is 2.74. The molecule has 0 unspecified atom stereocenters. The van der Waals surface area contributed by atoms with E-state index in [-0.39, 0.29) is 11.9 Å². The monoisotopic (exact) mass is 416 g/mol. The van der Waals surface area contributed by atoms with Crippen molar-refractivity contribution in [3.8, 4) is 0 Å². The Kier molecular flexibility index (Phi) is 4.93. The van der Waals surface area contributed by atoms with E-state index in [1.165, 1.54) is 23.5 Å². The molecule has 0 bridgehead atoms. The molecule has 0 spiro atoms. The number of carbonyl (C=O) groups excluding carboxylic acids is 2. The summed E-state index contributed by atoms with van der Waals surface area (Å²) in [6.45, 7) is 8.09. The van der Waals surface area contributed by atoms with Crippen LogP contribution in [0.2, 0.25) is 0 Å². The summed E-state index contributed by atoms with van der Waals surface area (Å²) in [5, 5.41) is 1.81. The molecule has 4 rings (SSSR count). The van der Waals surface area contributed by atoms with Crippen LogP contribution in [0, 0.1) is 0 Å². The minimum atomic E-state index is -0.324. The first kappa shape index (κ1) is 19.0. The number of fused-ring (bicyclic) bond motifs is 5. The molecule has 0 saturated heterocycles. The minimum Gasteiger partial charge on any atom is -0.462 e. The van der Waals surface area contributed by atoms with Crippen LogP contribution in [0.1, 0.15) is 27.7 Å². The maximum absolute atomic E-state index is 12.5. The van der Waals surface area contributed by atoms with Crippen LogP contribution in [-0.2, 0) is 19.1 Å². The molecular weight excluding hydrogens is 396 g/mol. The zero-order chi connectivity index (χ0) is 20.0. The molecule has 0 atom stereocenters. The molecule has 3 heterocycles. The van der Waals surface area contributed by atoms with Crippen LogP contribution in [0.3, 0.4) is 0 Å². The highest BCUT2D eigenvalue weighted by molar-refractivity contribution is 8.11. The van der Waals surface area contributed by atoms with E-state index >= 15 is 0 Å². The van der Waals surface area contributed by atoms with Gasteiger partial charge in [0.1, 0.15) is 19.9 Å². The number of anilines is 2. The number of hydrogen-bond donors (Lipinski definition) is 0. The van der Waals surface area contributed by atoms with E-state index in [1.54, 1.807) is 13.8 Å². The second kappa shape index (κ2) is 7.25. The van der Waals surface area contributed by atoms with Gasteiger partial charge in [-0.2, -0.15) is 0 Å². The molecule has 0 radical (unpaired) electrons. The molecule has 6 nitrogen and oxygen atoms in total. The normalized spacial score (nSPS) is 17.7. The lowest BCUT2D eigenvalue weighted by molar-refractivity contribution is -0.138. The number of nitrogens with zero attached hydrogens (tertiary/aromatic N) is 2. The van der Waals surface area contributed by atoms with E-state index in [1.807, 2.05) is 38.1 Å². The van der Waals surface area contributed by atoms with Crippen LogP contribution in [0.25, 0.3) is 0 Å². The molecular formula is C20H20N2O4S2. The third-order valence-electron chi connectivity index (χ3n) is 4.60. The Morgan fingerprint density at radius 2 is 1.21 bits per heavy atom. The number of rotatable bonds is 4. The summed E-state index contributed by atoms with van der Waals surface area (Å²) >= 11 is 2.78. The lowest BCUT2D eigenvalue weighted by atomic mass is 10.1. The van der Waals surface area contributed by atoms with Gasteiger partial charge in [0.25, 0.3) is 0 Å². The third-order valence-corrected chi connectivity index (χ3v) is 7.20. The predicted octanol–water partition coefficient (Wildman–Crippen LogP) is 4.52. The number of benzene rings is 1. The maximum atomic E-state index is 12.5. The summed E-state index contributed by atoms with van der Waals surface area (Å²) in [5.41, 5.74) is 3.60. The quantitative estimate of drug-likeness (QED) is 0.664. The maximum Gasteiger partial charge on any atom is 0.346 e. The smallest absolute Gasteiger partial charge is 0.346 e. The van der Waals surface area contributed by atoms with Crippen LogP contribution in [0.5, 0.6) is 0 Å². The summed E-state index contributed by atoms with van der Waals surface area (Å²) in [6, 6.07) is 7.97. The van der Waals surface area contributed by atoms with Gasteiger partial charge in [-0.3, -0.25) is 0 Å². The van der Waals surface area contributed by atoms with Crippen molar-refractivity contribution in [2.45, 2.75) is 27.7 Å². The molecule has 0 saturated carbocycles. The Labute approximate surface area is 172 Å². The van der Waals surface area contributed by atoms with Crippen LogP contribution in [0.4, 0.5) is 11.4 Å². The lowest BCUT2D eigenvalue weighted by Gasteiger charge is -2.36. The lowest BCUT2D eigenvalue weighted by Crippen LogP contribution is -2.29. The first-order valence-electron chi connectivity index (χ1n) is 9.04. The highest BCUT2D eigenvalue weighted by atomic mass is 32.2. The zero-order valence-electron chi connectivity index (χ0n) is 16.1. The molecule has 1 aromatic carbocycles. The number of carbonyl (C=O) groups is 2. The van der Waals surface area contributed by atoms with Crippen LogP contribution in [-0.4, -0.2) is 25.2 Å². The molecule has 8 heteroatoms. The van der Waals surface area contributed by atoms with Gasteiger partial charge in [0.15, 0.2) is 0 Å². The van der Waals surface area contributed by atoms with Crippen molar-refractivity contribution in [3.05, 3.63) is 55.5 Å². The Hall–Kier alpha value is -2.32. The number of hydrogen-bond acceptors (Lipinski definition) is 8. The fourth-order valence-corrected chi connectivity index (χ4v) is 5.82. The Morgan fingerprint density at radius 1 is 0.821 bits per heavy atom. The molecule has 146 valence electrons. The summed E-state index contributed by atoms with van der Waals surface area (Å²) in [6.07, 6.45) is 0. The predicted molar refractivity (Wildman–Crippen MR) is 112 cm³/mol. The van der Waals surface area contributed by atoms with E-state index in [4.69, 9.17) is 9.47 Å². The van der Waals surface area contributed by atoms with E-state index < -0.39 is 0 Å². The Morgan fingerprint density at radius 3 is 1.57 bits per heavy atom. The second-order valence-corrected chi connectivity index (χ2v) is 8.24. The SMILES string of the molecule is CCOC(=O)C1=C(C)N2C(=C3SC(C(=O)OCC)=C(C)N3c3ccccc32)S1. The summed E-state index contributed by atoms with van der Waals surface area (Å²) in [5.74, 6) is -0.648. The molecule has 0 fully saturated rings. The molecule has 0 amide bonds. The first-order chi connectivity index (χ1) is 13.5. The highest BCUT2D eigenvalue weighted by Gasteiger charge is 2.44. The summed E-state index contributed by atoms with van der Waals surface area (Å²) < 4.78 is 10.5. The van der Waals surface area contributed by atoms with Gasteiger partial charge in [-0.1, -0.05) is 35.7 Å². The second-order valence-electron chi connectivity index (χ2n) is 6.24. The van der Waals surface area contributed by atoms with Gasteiger partial charge in [0.05, 0.1) is 24.6 Å². The molecule has 0 aromatic heterocycles. The Balaban J connectivity index is 1.85. The average molecular weight is 417 g/mol. The van der Waals surface area contributed by atoms with Crippen molar-refractivity contribution in [1.82, 2.24) is 0 Å². The fraction of sp³-hybridized carbons (Fsp3) is 0.300. The van der Waals surface area contributed by atoms with Gasteiger partial charge in [-0.25, -0.2) is 9.59 Å². The van der Waals surface area contributed by atoms with Crippen molar-refractivity contribution in [2.75, 3.05) is 23.0 Å². The molecule has 28 heavy (non-hydrogen) atoms. The van der Waals surface area contributed by atoms with E-state index in [9.17, 15) is 9.59 Å². The number of ether oxygens (including phenoxy) is 2. The Bertz CT molecular complexity index is 903. The molecule has 3 aliphatic heterocycles. The zero-order valence-corrected chi connectivity index (χ0v) is 17.7. The van der Waals surface area contributed by atoms with Gasteiger partial charge in [0, 0.05) is 11.4 Å². The van der Waals surface area contributed by atoms with Gasteiger partial charge in [0.2, 0.25) is 0 Å². The van der Waals surface area contributed by atoms with Crippen molar-refractivity contribution in [1.29, 1.82) is 0 Å². The molecule has 3 aliphatic rings. The highest BCUT2D eigenvalue weighted by Crippen LogP contribution is 2.59. The van der Waals surface area contributed by atoms with Crippen LogP contribution < -0.4 is 9.80 Å². The first-order valence-corrected chi connectivity index (χ1v) is 10.7. The molecule has 0 aliphatic carbocycles. The average Bonchev–Trinajstić information content (AvgIpc) is 3.21. The number of para-hydroxylation sites is 2. The van der Waals surface area contributed by atoms with Crippen molar-refractivity contribution in [2.24, 2.45) is 0 Å². The van der Waals surface area contributed by atoms with Gasteiger partial charge in [-0.15, -0.1) is 0 Å². The molecule has 0 N–H and O–H groups in total. The van der Waals surface area contributed by atoms with Crippen molar-refractivity contribution in [3.63, 3.8) is 0 Å². The van der Waals surface area contributed by atoms with Gasteiger partial charge < -0.3 is 19.3 Å². The van der Waals surface area contributed by atoms with E-state index in [0.717, 1.165) is 32.8 Å². The fourth-order valence-electron chi connectivity index (χ4n) is 3.41. The van der Waals surface area contributed by atoms with Crippen LogP contribution >= 0.6 is 23.5 Å². The van der Waals surface area contributed by atoms with E-state index in [2.05, 4.69) is 9.80 Å².